The third-order valence-corrected chi connectivity index (χ3v) is 1.72. The van der Waals surface area contributed by atoms with Crippen molar-refractivity contribution in [2.75, 3.05) is 6.73 Å². The van der Waals surface area contributed by atoms with Crippen LogP contribution in [0.1, 0.15) is 13.8 Å². The fourth-order valence-corrected chi connectivity index (χ4v) is 1.19. The van der Waals surface area contributed by atoms with E-state index in [-0.39, 0.29) is 24.7 Å². The number of carbonyl (C=O) groups is 2. The van der Waals surface area contributed by atoms with E-state index in [1.54, 1.807) is 0 Å². The SMILES string of the molecule is CC(C)C1C(=O)OCN1C=O. The van der Waals surface area contributed by atoms with Gasteiger partial charge in [0.25, 0.3) is 0 Å². The van der Waals surface area contributed by atoms with Gasteiger partial charge in [0.1, 0.15) is 6.04 Å². The van der Waals surface area contributed by atoms with E-state index in [0.717, 1.165) is 0 Å². The quantitative estimate of drug-likeness (QED) is 0.418. The molecule has 0 aromatic carbocycles. The van der Waals surface area contributed by atoms with Gasteiger partial charge in [0.05, 0.1) is 0 Å². The highest BCUT2D eigenvalue weighted by atomic mass is 16.6. The summed E-state index contributed by atoms with van der Waals surface area (Å²) >= 11 is 0. The molecule has 0 saturated carbocycles. The molecule has 4 heteroatoms. The van der Waals surface area contributed by atoms with Crippen LogP contribution in [0.4, 0.5) is 0 Å². The lowest BCUT2D eigenvalue weighted by Crippen LogP contribution is -2.36. The van der Waals surface area contributed by atoms with Crippen LogP contribution in [0.15, 0.2) is 0 Å². The predicted octanol–water partition coefficient (Wildman–Crippen LogP) is -0.0163. The van der Waals surface area contributed by atoms with Gasteiger partial charge in [-0.25, -0.2) is 4.79 Å². The Morgan fingerprint density at radius 1 is 1.73 bits per heavy atom. The molecule has 1 amide bonds. The summed E-state index contributed by atoms with van der Waals surface area (Å²) in [4.78, 5) is 22.7. The molecule has 4 nitrogen and oxygen atoms in total. The van der Waals surface area contributed by atoms with Crippen LogP contribution < -0.4 is 0 Å². The molecule has 0 aromatic rings. The van der Waals surface area contributed by atoms with Gasteiger partial charge in [-0.3, -0.25) is 9.69 Å². The Bertz CT molecular complexity index is 179. The van der Waals surface area contributed by atoms with Crippen LogP contribution in [0.2, 0.25) is 0 Å². The number of carbonyl (C=O) groups excluding carboxylic acids is 2. The molecule has 0 bridgehead atoms. The Morgan fingerprint density at radius 3 is 2.73 bits per heavy atom. The van der Waals surface area contributed by atoms with E-state index in [0.29, 0.717) is 6.41 Å². The third kappa shape index (κ3) is 1.34. The Kier molecular flexibility index (Phi) is 2.12. The van der Waals surface area contributed by atoms with Crippen molar-refractivity contribution in [1.29, 1.82) is 0 Å². The van der Waals surface area contributed by atoms with Gasteiger partial charge in [0, 0.05) is 0 Å². The van der Waals surface area contributed by atoms with Gasteiger partial charge >= 0.3 is 5.97 Å². The molecule has 11 heavy (non-hydrogen) atoms. The first-order valence-electron chi connectivity index (χ1n) is 3.54. The minimum Gasteiger partial charge on any atom is -0.443 e. The average molecular weight is 157 g/mol. The smallest absolute Gasteiger partial charge is 0.330 e. The topological polar surface area (TPSA) is 46.6 Å². The standard InChI is InChI=1S/C7H11NO3/c1-5(2)6-7(10)11-4-8(6)3-9/h3,5-6H,4H2,1-2H3. The summed E-state index contributed by atoms with van der Waals surface area (Å²) in [6.45, 7) is 3.87. The first kappa shape index (κ1) is 8.04. The largest absolute Gasteiger partial charge is 0.443 e. The monoisotopic (exact) mass is 157 g/mol. The Balaban J connectivity index is 2.71. The number of nitrogens with zero attached hydrogens (tertiary/aromatic N) is 1. The number of cyclic esters (lactones) is 1. The summed E-state index contributed by atoms with van der Waals surface area (Å²) in [6, 6.07) is -0.382. The molecule has 0 spiro atoms. The van der Waals surface area contributed by atoms with E-state index in [1.165, 1.54) is 4.90 Å². The Hall–Kier alpha value is -1.06. The molecule has 1 heterocycles. The van der Waals surface area contributed by atoms with Crippen molar-refractivity contribution in [3.63, 3.8) is 0 Å². The van der Waals surface area contributed by atoms with Crippen molar-refractivity contribution in [1.82, 2.24) is 4.90 Å². The molecule has 1 fully saturated rings. The normalized spacial score (nSPS) is 24.1. The maximum absolute atomic E-state index is 11.0. The van der Waals surface area contributed by atoms with E-state index < -0.39 is 0 Å². The van der Waals surface area contributed by atoms with Crippen molar-refractivity contribution in [3.05, 3.63) is 0 Å². The zero-order valence-electron chi connectivity index (χ0n) is 6.61. The van der Waals surface area contributed by atoms with Crippen LogP contribution >= 0.6 is 0 Å². The number of ether oxygens (including phenoxy) is 1. The second-order valence-corrected chi connectivity index (χ2v) is 2.90. The molecule has 1 aliphatic heterocycles. The number of amides is 1. The molecular formula is C7H11NO3. The average Bonchev–Trinajstić information content (AvgIpc) is 2.30. The summed E-state index contributed by atoms with van der Waals surface area (Å²) in [5.74, 6) is -0.178. The zero-order valence-corrected chi connectivity index (χ0v) is 6.61. The van der Waals surface area contributed by atoms with Crippen molar-refractivity contribution in [2.45, 2.75) is 19.9 Å². The molecular weight excluding hydrogens is 146 g/mol. The lowest BCUT2D eigenvalue weighted by Gasteiger charge is -2.17. The third-order valence-electron chi connectivity index (χ3n) is 1.72. The maximum atomic E-state index is 11.0. The summed E-state index contributed by atoms with van der Waals surface area (Å²) in [7, 11) is 0. The number of esters is 1. The van der Waals surface area contributed by atoms with Crippen LogP contribution in [-0.4, -0.2) is 30.1 Å². The maximum Gasteiger partial charge on any atom is 0.330 e. The fourth-order valence-electron chi connectivity index (χ4n) is 1.19. The Labute approximate surface area is 65.1 Å². The van der Waals surface area contributed by atoms with Crippen LogP contribution in [0, 0.1) is 5.92 Å². The number of hydrogen-bond acceptors (Lipinski definition) is 3. The van der Waals surface area contributed by atoms with Crippen LogP contribution in [-0.2, 0) is 14.3 Å². The van der Waals surface area contributed by atoms with Gasteiger partial charge < -0.3 is 4.74 Å². The van der Waals surface area contributed by atoms with Gasteiger partial charge in [-0.2, -0.15) is 0 Å². The molecule has 0 aliphatic carbocycles. The molecule has 1 aliphatic rings. The van der Waals surface area contributed by atoms with Crippen LogP contribution in [0.5, 0.6) is 0 Å². The molecule has 0 N–H and O–H groups in total. The van der Waals surface area contributed by atoms with Crippen LogP contribution in [0.25, 0.3) is 0 Å². The first-order valence-corrected chi connectivity index (χ1v) is 3.54. The highest BCUT2D eigenvalue weighted by molar-refractivity contribution is 5.80. The molecule has 0 aromatic heterocycles. The predicted molar refractivity (Wildman–Crippen MR) is 37.5 cm³/mol. The minimum atomic E-state index is -0.382. The zero-order chi connectivity index (χ0) is 8.43. The van der Waals surface area contributed by atoms with E-state index in [1.807, 2.05) is 13.8 Å². The van der Waals surface area contributed by atoms with Gasteiger partial charge in [0.2, 0.25) is 6.41 Å². The van der Waals surface area contributed by atoms with E-state index in [4.69, 9.17) is 0 Å². The first-order chi connectivity index (χ1) is 5.16. The second-order valence-electron chi connectivity index (χ2n) is 2.90. The van der Waals surface area contributed by atoms with E-state index >= 15 is 0 Å². The minimum absolute atomic E-state index is 0.102. The molecule has 1 unspecified atom stereocenters. The summed E-state index contributed by atoms with van der Waals surface area (Å²) in [5.41, 5.74) is 0. The van der Waals surface area contributed by atoms with E-state index in [2.05, 4.69) is 4.74 Å². The van der Waals surface area contributed by atoms with Crippen molar-refractivity contribution < 1.29 is 14.3 Å². The number of hydrogen-bond donors (Lipinski definition) is 0. The molecule has 1 rings (SSSR count). The highest BCUT2D eigenvalue weighted by Gasteiger charge is 2.35. The van der Waals surface area contributed by atoms with Crippen molar-refractivity contribution in [3.8, 4) is 0 Å². The van der Waals surface area contributed by atoms with Gasteiger partial charge in [0.15, 0.2) is 6.73 Å². The highest BCUT2D eigenvalue weighted by Crippen LogP contribution is 2.16. The summed E-state index contributed by atoms with van der Waals surface area (Å²) < 4.78 is 4.69. The van der Waals surface area contributed by atoms with E-state index in [9.17, 15) is 9.59 Å². The molecule has 62 valence electrons. The van der Waals surface area contributed by atoms with Crippen molar-refractivity contribution in [2.24, 2.45) is 5.92 Å². The lowest BCUT2D eigenvalue weighted by atomic mass is 10.0. The van der Waals surface area contributed by atoms with Crippen molar-refractivity contribution >= 4 is 12.4 Å². The lowest BCUT2D eigenvalue weighted by molar-refractivity contribution is -0.140. The van der Waals surface area contributed by atoms with Gasteiger partial charge in [-0.15, -0.1) is 0 Å². The summed E-state index contributed by atoms with van der Waals surface area (Å²) in [6.07, 6.45) is 0.648. The van der Waals surface area contributed by atoms with Gasteiger partial charge in [-0.05, 0) is 5.92 Å². The van der Waals surface area contributed by atoms with Gasteiger partial charge in [-0.1, -0.05) is 13.8 Å². The number of rotatable bonds is 2. The van der Waals surface area contributed by atoms with Crippen LogP contribution in [0.3, 0.4) is 0 Å². The molecule has 1 saturated heterocycles. The second kappa shape index (κ2) is 2.90. The molecule has 0 radical (unpaired) electrons. The fraction of sp³-hybridized carbons (Fsp3) is 0.714. The Morgan fingerprint density at radius 2 is 2.36 bits per heavy atom. The molecule has 1 atom stereocenters. The summed E-state index contributed by atoms with van der Waals surface area (Å²) in [5, 5.41) is 0.